The highest BCUT2D eigenvalue weighted by molar-refractivity contribution is 5.98. The molecule has 6 nitrogen and oxygen atoms in total. The molecule has 0 aromatic heterocycles. The van der Waals surface area contributed by atoms with Gasteiger partial charge in [0.1, 0.15) is 18.3 Å². The second-order valence-corrected chi connectivity index (χ2v) is 5.82. The fourth-order valence-electron chi connectivity index (χ4n) is 2.63. The van der Waals surface area contributed by atoms with Crippen molar-refractivity contribution in [3.05, 3.63) is 75.8 Å². The maximum Gasteiger partial charge on any atom is 0.317 e. The summed E-state index contributed by atoms with van der Waals surface area (Å²) in [5.41, 5.74) is 1.46. The van der Waals surface area contributed by atoms with Crippen molar-refractivity contribution in [1.29, 1.82) is 0 Å². The van der Waals surface area contributed by atoms with Gasteiger partial charge >= 0.3 is 5.97 Å². The lowest BCUT2D eigenvalue weighted by atomic mass is 9.85. The molecular formula is C19H19NO5. The van der Waals surface area contributed by atoms with Gasteiger partial charge in [0, 0.05) is 18.1 Å². The molecule has 0 aliphatic heterocycles. The van der Waals surface area contributed by atoms with Crippen LogP contribution < -0.4 is 0 Å². The summed E-state index contributed by atoms with van der Waals surface area (Å²) < 4.78 is 5.29. The first kappa shape index (κ1) is 18.3. The third-order valence-electron chi connectivity index (χ3n) is 4.05. The molecule has 130 valence electrons. The Labute approximate surface area is 145 Å². The number of hydrogen-bond acceptors (Lipinski definition) is 5. The molecule has 0 amide bonds. The van der Waals surface area contributed by atoms with Crippen LogP contribution in [-0.4, -0.2) is 16.7 Å². The predicted octanol–water partition coefficient (Wildman–Crippen LogP) is 3.65. The highest BCUT2D eigenvalue weighted by Crippen LogP contribution is 2.28. The molecule has 0 fully saturated rings. The van der Waals surface area contributed by atoms with Crippen LogP contribution in [-0.2, 0) is 20.9 Å². The molecule has 0 aliphatic carbocycles. The molecule has 0 N–H and O–H groups in total. The maximum absolute atomic E-state index is 12.4. The van der Waals surface area contributed by atoms with Gasteiger partial charge in [-0.1, -0.05) is 49.4 Å². The van der Waals surface area contributed by atoms with Gasteiger partial charge in [0.2, 0.25) is 0 Å². The standard InChI is InChI=1S/C19H19NO5/c1-13(16-8-10-17(11-9-16)20(23)24)18(14(2)21)19(22)25-12-15-6-4-3-5-7-15/h3-11,13,18H,12H2,1-2H3. The van der Waals surface area contributed by atoms with Gasteiger partial charge in [-0.15, -0.1) is 0 Å². The van der Waals surface area contributed by atoms with Crippen LogP contribution in [0.25, 0.3) is 0 Å². The number of hydrogen-bond donors (Lipinski definition) is 0. The Bertz CT molecular complexity index is 755. The normalized spacial score (nSPS) is 12.9. The summed E-state index contributed by atoms with van der Waals surface area (Å²) in [6.07, 6.45) is 0. The van der Waals surface area contributed by atoms with E-state index >= 15 is 0 Å². The first-order valence-electron chi connectivity index (χ1n) is 7.85. The average molecular weight is 341 g/mol. The van der Waals surface area contributed by atoms with Crippen LogP contribution in [0.15, 0.2) is 54.6 Å². The van der Waals surface area contributed by atoms with Gasteiger partial charge in [0.25, 0.3) is 5.69 Å². The maximum atomic E-state index is 12.4. The van der Waals surface area contributed by atoms with E-state index in [1.165, 1.54) is 19.1 Å². The molecule has 25 heavy (non-hydrogen) atoms. The number of carbonyl (C=O) groups excluding carboxylic acids is 2. The Morgan fingerprint density at radius 1 is 1.08 bits per heavy atom. The van der Waals surface area contributed by atoms with Crippen molar-refractivity contribution in [2.24, 2.45) is 5.92 Å². The number of nitro groups is 1. The zero-order chi connectivity index (χ0) is 18.4. The zero-order valence-electron chi connectivity index (χ0n) is 14.0. The number of esters is 1. The summed E-state index contributed by atoms with van der Waals surface area (Å²) in [7, 11) is 0. The van der Waals surface area contributed by atoms with E-state index < -0.39 is 22.7 Å². The van der Waals surface area contributed by atoms with Gasteiger partial charge in [0.15, 0.2) is 0 Å². The molecule has 0 bridgehead atoms. The van der Waals surface area contributed by atoms with Gasteiger partial charge in [-0.25, -0.2) is 0 Å². The number of nitro benzene ring substituents is 1. The van der Waals surface area contributed by atoms with Gasteiger partial charge in [-0.05, 0) is 18.1 Å². The van der Waals surface area contributed by atoms with E-state index in [1.54, 1.807) is 19.1 Å². The monoisotopic (exact) mass is 341 g/mol. The van der Waals surface area contributed by atoms with Gasteiger partial charge in [-0.2, -0.15) is 0 Å². The van der Waals surface area contributed by atoms with Gasteiger partial charge in [-0.3, -0.25) is 19.7 Å². The Balaban J connectivity index is 2.11. The van der Waals surface area contributed by atoms with Crippen LogP contribution in [0.1, 0.15) is 30.9 Å². The number of non-ortho nitro benzene ring substituents is 1. The van der Waals surface area contributed by atoms with Crippen molar-refractivity contribution in [3.8, 4) is 0 Å². The van der Waals surface area contributed by atoms with E-state index in [-0.39, 0.29) is 18.1 Å². The summed E-state index contributed by atoms with van der Waals surface area (Å²) in [4.78, 5) is 34.6. The number of ketones is 1. The fourth-order valence-corrected chi connectivity index (χ4v) is 2.63. The van der Waals surface area contributed by atoms with Crippen molar-refractivity contribution in [2.75, 3.05) is 0 Å². The Kier molecular flexibility index (Phi) is 6.00. The van der Waals surface area contributed by atoms with Gasteiger partial charge in [0.05, 0.1) is 4.92 Å². The quantitative estimate of drug-likeness (QED) is 0.332. The van der Waals surface area contributed by atoms with Crippen molar-refractivity contribution in [1.82, 2.24) is 0 Å². The van der Waals surface area contributed by atoms with Crippen LogP contribution in [0.5, 0.6) is 0 Å². The molecule has 2 aromatic carbocycles. The topological polar surface area (TPSA) is 86.5 Å². The third kappa shape index (κ3) is 4.73. The van der Waals surface area contributed by atoms with Crippen molar-refractivity contribution < 1.29 is 19.2 Å². The van der Waals surface area contributed by atoms with E-state index in [9.17, 15) is 19.7 Å². The van der Waals surface area contributed by atoms with E-state index in [0.29, 0.717) is 5.56 Å². The molecule has 0 saturated carbocycles. The number of benzene rings is 2. The first-order valence-corrected chi connectivity index (χ1v) is 7.85. The van der Waals surface area contributed by atoms with E-state index in [4.69, 9.17) is 4.74 Å². The Morgan fingerprint density at radius 3 is 2.20 bits per heavy atom. The molecule has 0 heterocycles. The number of ether oxygens (including phenoxy) is 1. The number of nitrogens with zero attached hydrogens (tertiary/aromatic N) is 1. The summed E-state index contributed by atoms with van der Waals surface area (Å²) >= 11 is 0. The van der Waals surface area contributed by atoms with Crippen LogP contribution in [0.3, 0.4) is 0 Å². The van der Waals surface area contributed by atoms with Gasteiger partial charge < -0.3 is 4.74 Å². The molecule has 2 atom stereocenters. The van der Waals surface area contributed by atoms with Crippen molar-refractivity contribution >= 4 is 17.4 Å². The summed E-state index contributed by atoms with van der Waals surface area (Å²) in [5.74, 6) is -2.29. The SMILES string of the molecule is CC(=O)C(C(=O)OCc1ccccc1)C(C)c1ccc([N+](=O)[O-])cc1. The molecule has 6 heteroatoms. The van der Waals surface area contributed by atoms with E-state index in [0.717, 1.165) is 5.56 Å². The van der Waals surface area contributed by atoms with Crippen LogP contribution in [0.2, 0.25) is 0 Å². The minimum atomic E-state index is -0.954. The zero-order valence-corrected chi connectivity index (χ0v) is 14.0. The predicted molar refractivity (Wildman–Crippen MR) is 91.9 cm³/mol. The minimum Gasteiger partial charge on any atom is -0.460 e. The number of Topliss-reactive ketones (excluding diaryl/α,β-unsaturated/α-hetero) is 1. The smallest absolute Gasteiger partial charge is 0.317 e. The molecule has 0 aliphatic rings. The van der Waals surface area contributed by atoms with Crippen LogP contribution in [0.4, 0.5) is 5.69 Å². The Hall–Kier alpha value is -3.02. The molecule has 0 spiro atoms. The van der Waals surface area contributed by atoms with Crippen LogP contribution >= 0.6 is 0 Å². The van der Waals surface area contributed by atoms with Crippen LogP contribution in [0, 0.1) is 16.0 Å². The molecule has 2 rings (SSSR count). The lowest BCUT2D eigenvalue weighted by Gasteiger charge is -2.20. The number of rotatable bonds is 7. The molecular weight excluding hydrogens is 322 g/mol. The first-order chi connectivity index (χ1) is 11.9. The molecule has 0 saturated heterocycles. The lowest BCUT2D eigenvalue weighted by molar-refractivity contribution is -0.384. The molecule has 0 radical (unpaired) electrons. The van der Waals surface area contributed by atoms with Crippen molar-refractivity contribution in [3.63, 3.8) is 0 Å². The highest BCUT2D eigenvalue weighted by atomic mass is 16.6. The minimum absolute atomic E-state index is 0.0398. The third-order valence-corrected chi connectivity index (χ3v) is 4.05. The van der Waals surface area contributed by atoms with E-state index in [2.05, 4.69) is 0 Å². The lowest BCUT2D eigenvalue weighted by Crippen LogP contribution is -2.29. The fraction of sp³-hybridized carbons (Fsp3) is 0.263. The summed E-state index contributed by atoms with van der Waals surface area (Å²) in [6, 6.07) is 15.0. The second kappa shape index (κ2) is 8.19. The summed E-state index contributed by atoms with van der Waals surface area (Å²) in [5, 5.41) is 10.7. The average Bonchev–Trinajstić information content (AvgIpc) is 2.60. The highest BCUT2D eigenvalue weighted by Gasteiger charge is 2.32. The largest absolute Gasteiger partial charge is 0.460 e. The molecule has 2 aromatic rings. The number of carbonyl (C=O) groups is 2. The molecule has 2 unspecified atom stereocenters. The van der Waals surface area contributed by atoms with Crippen molar-refractivity contribution in [2.45, 2.75) is 26.4 Å². The second-order valence-electron chi connectivity index (χ2n) is 5.82. The summed E-state index contributed by atoms with van der Waals surface area (Å²) in [6.45, 7) is 3.17. The van der Waals surface area contributed by atoms with E-state index in [1.807, 2.05) is 30.3 Å². The Morgan fingerprint density at radius 2 is 1.68 bits per heavy atom.